The first-order chi connectivity index (χ1) is 9.82. The number of anilines is 1. The van der Waals surface area contributed by atoms with E-state index in [1.807, 2.05) is 6.26 Å². The van der Waals surface area contributed by atoms with E-state index in [4.69, 9.17) is 5.11 Å². The van der Waals surface area contributed by atoms with Crippen molar-refractivity contribution in [1.82, 2.24) is 5.32 Å². The number of amides is 2. The Morgan fingerprint density at radius 3 is 2.43 bits per heavy atom. The SMILES string of the molecule is CSC(C)(C)CNC(=O)Nc1ccc(/C=C/C(=O)O)cc1. The molecule has 2 amide bonds. The second kappa shape index (κ2) is 7.73. The Morgan fingerprint density at radius 1 is 1.29 bits per heavy atom. The lowest BCUT2D eigenvalue weighted by molar-refractivity contribution is -0.131. The van der Waals surface area contributed by atoms with Crippen molar-refractivity contribution in [2.24, 2.45) is 0 Å². The molecule has 0 heterocycles. The topological polar surface area (TPSA) is 78.4 Å². The van der Waals surface area contributed by atoms with E-state index in [1.165, 1.54) is 6.08 Å². The Labute approximate surface area is 128 Å². The summed E-state index contributed by atoms with van der Waals surface area (Å²) >= 11 is 1.69. The molecule has 0 radical (unpaired) electrons. The maximum atomic E-state index is 11.8. The van der Waals surface area contributed by atoms with Gasteiger partial charge in [0.05, 0.1) is 0 Å². The molecule has 0 aromatic heterocycles. The zero-order valence-corrected chi connectivity index (χ0v) is 13.2. The lowest BCUT2D eigenvalue weighted by atomic mass is 10.2. The Kier molecular flexibility index (Phi) is 6.30. The number of rotatable bonds is 6. The Bertz CT molecular complexity index is 524. The van der Waals surface area contributed by atoms with Gasteiger partial charge in [0.25, 0.3) is 0 Å². The number of hydrogen-bond donors (Lipinski definition) is 3. The van der Waals surface area contributed by atoms with Crippen LogP contribution in [-0.4, -0.2) is 34.7 Å². The lowest BCUT2D eigenvalue weighted by Crippen LogP contribution is -2.38. The predicted octanol–water partition coefficient (Wildman–Crippen LogP) is 3.05. The minimum absolute atomic E-state index is 0.0111. The maximum Gasteiger partial charge on any atom is 0.328 e. The predicted molar refractivity (Wildman–Crippen MR) is 87.7 cm³/mol. The molecule has 6 heteroatoms. The Balaban J connectivity index is 2.52. The van der Waals surface area contributed by atoms with Gasteiger partial charge in [-0.1, -0.05) is 12.1 Å². The second-order valence-corrected chi connectivity index (χ2v) is 6.58. The van der Waals surface area contributed by atoms with E-state index in [9.17, 15) is 9.59 Å². The fourth-order valence-corrected chi connectivity index (χ4v) is 1.60. The monoisotopic (exact) mass is 308 g/mol. The van der Waals surface area contributed by atoms with Crippen LogP contribution in [0.1, 0.15) is 19.4 Å². The number of carboxylic acids is 1. The van der Waals surface area contributed by atoms with Gasteiger partial charge in [-0.05, 0) is 43.9 Å². The van der Waals surface area contributed by atoms with Crippen LogP contribution in [0.25, 0.3) is 6.08 Å². The number of hydrogen-bond acceptors (Lipinski definition) is 3. The highest BCUT2D eigenvalue weighted by Gasteiger charge is 2.16. The molecule has 21 heavy (non-hydrogen) atoms. The van der Waals surface area contributed by atoms with Crippen molar-refractivity contribution in [3.05, 3.63) is 35.9 Å². The minimum atomic E-state index is -0.993. The van der Waals surface area contributed by atoms with Gasteiger partial charge in [-0.15, -0.1) is 0 Å². The fraction of sp³-hybridized carbons (Fsp3) is 0.333. The van der Waals surface area contributed by atoms with Crippen molar-refractivity contribution in [2.45, 2.75) is 18.6 Å². The summed E-state index contributed by atoms with van der Waals surface area (Å²) in [5, 5.41) is 14.1. The largest absolute Gasteiger partial charge is 0.478 e. The zero-order valence-electron chi connectivity index (χ0n) is 12.3. The normalized spacial score (nSPS) is 11.4. The van der Waals surface area contributed by atoms with Gasteiger partial charge in [0, 0.05) is 23.1 Å². The van der Waals surface area contributed by atoms with E-state index in [1.54, 1.807) is 36.0 Å². The van der Waals surface area contributed by atoms with Crippen LogP contribution in [0.15, 0.2) is 30.3 Å². The maximum absolute atomic E-state index is 11.8. The van der Waals surface area contributed by atoms with E-state index in [-0.39, 0.29) is 10.8 Å². The molecule has 5 nitrogen and oxygen atoms in total. The number of thioether (sulfide) groups is 1. The van der Waals surface area contributed by atoms with Crippen LogP contribution in [-0.2, 0) is 4.79 Å². The van der Waals surface area contributed by atoms with Crippen LogP contribution in [0.4, 0.5) is 10.5 Å². The molecular formula is C15H20N2O3S. The number of aliphatic carboxylic acids is 1. The third-order valence-corrected chi connectivity index (χ3v) is 4.06. The summed E-state index contributed by atoms with van der Waals surface area (Å²) in [7, 11) is 0. The molecule has 0 unspecified atom stereocenters. The Hall–Kier alpha value is -1.95. The molecule has 114 valence electrons. The van der Waals surface area contributed by atoms with Crippen LogP contribution >= 0.6 is 11.8 Å². The second-order valence-electron chi connectivity index (χ2n) is 5.07. The molecule has 0 aliphatic heterocycles. The molecule has 0 fully saturated rings. The first-order valence-electron chi connectivity index (χ1n) is 6.43. The average molecular weight is 308 g/mol. The summed E-state index contributed by atoms with van der Waals surface area (Å²) in [6.07, 6.45) is 4.57. The summed E-state index contributed by atoms with van der Waals surface area (Å²) in [5.74, 6) is -0.993. The molecule has 0 atom stereocenters. The molecular weight excluding hydrogens is 288 g/mol. The molecule has 0 bridgehead atoms. The molecule has 1 aromatic carbocycles. The molecule has 1 rings (SSSR count). The highest BCUT2D eigenvalue weighted by atomic mass is 32.2. The number of carboxylic acid groups (broad SMARTS) is 1. The number of urea groups is 1. The first kappa shape index (κ1) is 17.1. The summed E-state index contributed by atoms with van der Waals surface area (Å²) in [4.78, 5) is 22.2. The zero-order chi connectivity index (χ0) is 15.9. The molecule has 0 spiro atoms. The lowest BCUT2D eigenvalue weighted by Gasteiger charge is -2.22. The summed E-state index contributed by atoms with van der Waals surface area (Å²) in [6.45, 7) is 4.68. The fourth-order valence-electron chi connectivity index (χ4n) is 1.39. The van der Waals surface area contributed by atoms with Crippen molar-refractivity contribution >= 4 is 35.5 Å². The summed E-state index contributed by atoms with van der Waals surface area (Å²) in [5.41, 5.74) is 1.41. The average Bonchev–Trinajstić information content (AvgIpc) is 2.44. The van der Waals surface area contributed by atoms with Crippen molar-refractivity contribution in [2.75, 3.05) is 18.1 Å². The van der Waals surface area contributed by atoms with Gasteiger partial charge in [-0.3, -0.25) is 0 Å². The molecule has 0 saturated carbocycles. The molecule has 1 aromatic rings. The highest BCUT2D eigenvalue weighted by molar-refractivity contribution is 7.99. The van der Waals surface area contributed by atoms with Gasteiger partial charge in [0.2, 0.25) is 0 Å². The van der Waals surface area contributed by atoms with Crippen LogP contribution in [0, 0.1) is 0 Å². The van der Waals surface area contributed by atoms with Gasteiger partial charge in [-0.2, -0.15) is 11.8 Å². The van der Waals surface area contributed by atoms with E-state index in [0.29, 0.717) is 12.2 Å². The minimum Gasteiger partial charge on any atom is -0.478 e. The Morgan fingerprint density at radius 2 is 1.90 bits per heavy atom. The van der Waals surface area contributed by atoms with Crippen molar-refractivity contribution < 1.29 is 14.7 Å². The number of nitrogens with one attached hydrogen (secondary N) is 2. The van der Waals surface area contributed by atoms with Gasteiger partial charge >= 0.3 is 12.0 Å². The highest BCUT2D eigenvalue weighted by Crippen LogP contribution is 2.19. The quantitative estimate of drug-likeness (QED) is 0.706. The molecule has 0 aliphatic carbocycles. The van der Waals surface area contributed by atoms with Crippen molar-refractivity contribution in [1.29, 1.82) is 0 Å². The van der Waals surface area contributed by atoms with E-state index in [2.05, 4.69) is 24.5 Å². The van der Waals surface area contributed by atoms with Crippen molar-refractivity contribution in [3.63, 3.8) is 0 Å². The smallest absolute Gasteiger partial charge is 0.328 e. The van der Waals surface area contributed by atoms with E-state index < -0.39 is 5.97 Å². The number of carbonyl (C=O) groups is 2. The summed E-state index contributed by atoms with van der Waals surface area (Å²) in [6, 6.07) is 6.66. The van der Waals surface area contributed by atoms with Crippen LogP contribution in [0.3, 0.4) is 0 Å². The van der Waals surface area contributed by atoms with Gasteiger partial charge in [0.1, 0.15) is 0 Å². The first-order valence-corrected chi connectivity index (χ1v) is 7.66. The third-order valence-electron chi connectivity index (χ3n) is 2.81. The summed E-state index contributed by atoms with van der Waals surface area (Å²) < 4.78 is -0.0111. The van der Waals surface area contributed by atoms with Crippen LogP contribution < -0.4 is 10.6 Å². The number of benzene rings is 1. The third kappa shape index (κ3) is 6.85. The van der Waals surface area contributed by atoms with Gasteiger partial charge in [0.15, 0.2) is 0 Å². The molecule has 3 N–H and O–H groups in total. The van der Waals surface area contributed by atoms with Crippen molar-refractivity contribution in [3.8, 4) is 0 Å². The van der Waals surface area contributed by atoms with E-state index in [0.717, 1.165) is 11.6 Å². The van der Waals surface area contributed by atoms with Gasteiger partial charge in [-0.25, -0.2) is 9.59 Å². The molecule has 0 saturated heterocycles. The standard InChI is InChI=1S/C15H20N2O3S/c1-15(2,21-3)10-16-14(20)17-12-7-4-11(5-8-12)6-9-13(18)19/h4-9H,10H2,1-3H3,(H,18,19)(H2,16,17,20)/b9-6+. The van der Waals surface area contributed by atoms with E-state index >= 15 is 0 Å². The van der Waals surface area contributed by atoms with Gasteiger partial charge < -0.3 is 15.7 Å². The molecule has 0 aliphatic rings. The number of carbonyl (C=O) groups excluding carboxylic acids is 1. The van der Waals surface area contributed by atoms with Crippen LogP contribution in [0.2, 0.25) is 0 Å². The van der Waals surface area contributed by atoms with Crippen LogP contribution in [0.5, 0.6) is 0 Å².